The van der Waals surface area contributed by atoms with Crippen LogP contribution in [0.5, 0.6) is 0 Å². The normalized spacial score (nSPS) is 32.9. The molecule has 17 heavy (non-hydrogen) atoms. The minimum Gasteiger partial charge on any atom is -0.394 e. The molecule has 1 aliphatic heterocycles. The molecule has 1 aromatic heterocycles. The number of aromatic amines is 1. The molecule has 1 aliphatic rings. The fraction of sp³-hybridized carbons (Fsp3) is 0.625. The van der Waals surface area contributed by atoms with Crippen LogP contribution in [0.3, 0.4) is 0 Å². The Bertz CT molecular complexity index is 425. The Morgan fingerprint density at radius 2 is 2.41 bits per heavy atom. The van der Waals surface area contributed by atoms with Crippen molar-refractivity contribution >= 4 is 5.95 Å². The summed E-state index contributed by atoms with van der Waals surface area (Å²) in [4.78, 5) is 15.5. The van der Waals surface area contributed by atoms with Crippen LogP contribution in [-0.4, -0.2) is 50.1 Å². The third kappa shape index (κ3) is 1.99. The van der Waals surface area contributed by atoms with E-state index in [0.29, 0.717) is 0 Å². The molecular formula is C8H10FN3O5. The van der Waals surface area contributed by atoms with Crippen molar-refractivity contribution in [2.45, 2.75) is 24.5 Å². The van der Waals surface area contributed by atoms with Crippen LogP contribution in [0.15, 0.2) is 6.20 Å². The number of nitrogens with one attached hydrogen (secondary N) is 1. The van der Waals surface area contributed by atoms with E-state index in [1.54, 1.807) is 0 Å². The summed E-state index contributed by atoms with van der Waals surface area (Å²) >= 11 is 0. The number of rotatable bonds is 3. The first-order chi connectivity index (χ1) is 8.04. The lowest BCUT2D eigenvalue weighted by atomic mass is 10.1. The summed E-state index contributed by atoms with van der Waals surface area (Å²) in [7, 11) is 0. The summed E-state index contributed by atoms with van der Waals surface area (Å²) in [5, 5.41) is 28.7. The predicted octanol–water partition coefficient (Wildman–Crippen LogP) is -0.551. The zero-order valence-corrected chi connectivity index (χ0v) is 8.49. The molecule has 2 heterocycles. The number of halogens is 1. The summed E-state index contributed by atoms with van der Waals surface area (Å²) in [5.41, 5.74) is 0.0304. The molecule has 9 heteroatoms. The molecule has 0 amide bonds. The van der Waals surface area contributed by atoms with Crippen molar-refractivity contribution < 1.29 is 24.3 Å². The summed E-state index contributed by atoms with van der Waals surface area (Å²) in [6.45, 7) is -0.582. The van der Waals surface area contributed by atoms with Gasteiger partial charge in [0, 0.05) is 0 Å². The fourth-order valence-electron chi connectivity index (χ4n) is 1.68. The molecule has 4 atom stereocenters. The highest BCUT2D eigenvalue weighted by Gasteiger charge is 2.46. The molecule has 3 N–H and O–H groups in total. The Labute approximate surface area is 94.2 Å². The van der Waals surface area contributed by atoms with Crippen LogP contribution in [0.1, 0.15) is 11.8 Å². The molecule has 94 valence electrons. The van der Waals surface area contributed by atoms with Crippen LogP contribution >= 0.6 is 0 Å². The molecule has 0 saturated carbocycles. The van der Waals surface area contributed by atoms with Crippen LogP contribution in [0.4, 0.5) is 10.3 Å². The second kappa shape index (κ2) is 4.35. The van der Waals surface area contributed by atoms with Crippen molar-refractivity contribution in [3.8, 4) is 0 Å². The standard InChI is InChI=1S/C8H10FN3O5/c9-5-4(2-13)17-7(6(5)14)3-1-10-8(11-3)12(15)16/h1,4-7,13-14H,2H2,(H,10,11)/t4-,5+,6-,7+/m1/s1. The van der Waals surface area contributed by atoms with Gasteiger partial charge in [-0.3, -0.25) is 0 Å². The smallest absolute Gasteiger partial charge is 0.394 e. The van der Waals surface area contributed by atoms with Crippen LogP contribution in [0.2, 0.25) is 0 Å². The lowest BCUT2D eigenvalue weighted by Crippen LogP contribution is -2.28. The molecule has 0 aromatic carbocycles. The number of hydrogen-bond acceptors (Lipinski definition) is 6. The van der Waals surface area contributed by atoms with Gasteiger partial charge in [0.1, 0.15) is 24.5 Å². The van der Waals surface area contributed by atoms with Crippen molar-refractivity contribution in [1.82, 2.24) is 9.97 Å². The molecule has 8 nitrogen and oxygen atoms in total. The van der Waals surface area contributed by atoms with E-state index in [9.17, 15) is 19.6 Å². The van der Waals surface area contributed by atoms with Gasteiger partial charge in [0.15, 0.2) is 11.9 Å². The van der Waals surface area contributed by atoms with Gasteiger partial charge in [-0.05, 0) is 4.92 Å². The Morgan fingerprint density at radius 1 is 1.71 bits per heavy atom. The molecule has 2 rings (SSSR count). The Morgan fingerprint density at radius 3 is 2.88 bits per heavy atom. The first-order valence-electron chi connectivity index (χ1n) is 4.82. The van der Waals surface area contributed by atoms with Gasteiger partial charge in [0.25, 0.3) is 0 Å². The maximum absolute atomic E-state index is 13.4. The van der Waals surface area contributed by atoms with E-state index in [1.807, 2.05) is 0 Å². The molecule has 1 aromatic rings. The number of aliphatic hydroxyl groups excluding tert-OH is 2. The van der Waals surface area contributed by atoms with Gasteiger partial charge in [-0.25, -0.2) is 9.37 Å². The average molecular weight is 247 g/mol. The van der Waals surface area contributed by atoms with Gasteiger partial charge in [0.2, 0.25) is 0 Å². The predicted molar refractivity (Wildman–Crippen MR) is 50.8 cm³/mol. The maximum atomic E-state index is 13.4. The Balaban J connectivity index is 2.19. The van der Waals surface area contributed by atoms with Gasteiger partial charge < -0.3 is 25.1 Å². The van der Waals surface area contributed by atoms with Crippen molar-refractivity contribution in [2.24, 2.45) is 0 Å². The lowest BCUT2D eigenvalue weighted by molar-refractivity contribution is -0.393. The monoisotopic (exact) mass is 247 g/mol. The SMILES string of the molecule is O=[N+]([O-])c1nc([C@@H]2O[C@H](CO)[C@H](F)[C@H]2O)c[nH]1. The number of hydrogen-bond donors (Lipinski definition) is 3. The Kier molecular flexibility index (Phi) is 3.05. The molecule has 0 bridgehead atoms. The second-order valence-corrected chi connectivity index (χ2v) is 3.62. The number of nitro groups is 1. The quantitative estimate of drug-likeness (QED) is 0.486. The zero-order valence-electron chi connectivity index (χ0n) is 8.49. The van der Waals surface area contributed by atoms with E-state index >= 15 is 0 Å². The molecular weight excluding hydrogens is 237 g/mol. The van der Waals surface area contributed by atoms with E-state index in [2.05, 4.69) is 9.97 Å². The van der Waals surface area contributed by atoms with Crippen LogP contribution in [0, 0.1) is 10.1 Å². The van der Waals surface area contributed by atoms with Crippen LogP contribution in [-0.2, 0) is 4.74 Å². The zero-order chi connectivity index (χ0) is 12.6. The molecule has 1 fully saturated rings. The number of nitrogens with zero attached hydrogens (tertiary/aromatic N) is 2. The van der Waals surface area contributed by atoms with E-state index in [4.69, 9.17) is 9.84 Å². The highest BCUT2D eigenvalue weighted by Crippen LogP contribution is 2.34. The van der Waals surface area contributed by atoms with Crippen LogP contribution in [0.25, 0.3) is 0 Å². The van der Waals surface area contributed by atoms with E-state index < -0.39 is 42.0 Å². The number of imidazole rings is 1. The van der Waals surface area contributed by atoms with Gasteiger partial charge in [-0.2, -0.15) is 0 Å². The highest BCUT2D eigenvalue weighted by molar-refractivity contribution is 5.16. The number of H-pyrrole nitrogens is 1. The fourth-order valence-corrected chi connectivity index (χ4v) is 1.68. The summed E-state index contributed by atoms with van der Waals surface area (Å²) in [6, 6.07) is 0. The van der Waals surface area contributed by atoms with Gasteiger partial charge in [-0.1, -0.05) is 4.98 Å². The highest BCUT2D eigenvalue weighted by atomic mass is 19.1. The molecule has 1 saturated heterocycles. The first kappa shape index (κ1) is 11.9. The van der Waals surface area contributed by atoms with E-state index in [-0.39, 0.29) is 5.69 Å². The Hall–Kier alpha value is -1.58. The average Bonchev–Trinajstić information content (AvgIpc) is 2.87. The van der Waals surface area contributed by atoms with Crippen molar-refractivity contribution in [3.63, 3.8) is 0 Å². The molecule has 0 spiro atoms. The lowest BCUT2D eigenvalue weighted by Gasteiger charge is -2.08. The molecule has 0 aliphatic carbocycles. The molecule has 0 unspecified atom stereocenters. The topological polar surface area (TPSA) is 122 Å². The second-order valence-electron chi connectivity index (χ2n) is 3.62. The number of alkyl halides is 1. The summed E-state index contributed by atoms with van der Waals surface area (Å²) < 4.78 is 18.4. The van der Waals surface area contributed by atoms with Crippen molar-refractivity contribution in [3.05, 3.63) is 22.0 Å². The largest absolute Gasteiger partial charge is 0.432 e. The number of aliphatic hydroxyl groups is 2. The minimum atomic E-state index is -1.75. The third-order valence-corrected chi connectivity index (χ3v) is 2.54. The summed E-state index contributed by atoms with van der Waals surface area (Å²) in [5.74, 6) is -0.515. The number of ether oxygens (including phenoxy) is 1. The van der Waals surface area contributed by atoms with E-state index in [0.717, 1.165) is 0 Å². The first-order valence-corrected chi connectivity index (χ1v) is 4.82. The number of aromatic nitrogens is 2. The summed E-state index contributed by atoms with van der Waals surface area (Å²) in [6.07, 6.45) is -4.35. The van der Waals surface area contributed by atoms with Crippen molar-refractivity contribution in [1.29, 1.82) is 0 Å². The van der Waals surface area contributed by atoms with Crippen molar-refractivity contribution in [2.75, 3.05) is 6.61 Å². The minimum absolute atomic E-state index is 0.0304. The van der Waals surface area contributed by atoms with E-state index in [1.165, 1.54) is 6.20 Å². The van der Waals surface area contributed by atoms with Gasteiger partial charge >= 0.3 is 5.95 Å². The molecule has 0 radical (unpaired) electrons. The third-order valence-electron chi connectivity index (χ3n) is 2.54. The van der Waals surface area contributed by atoms with Gasteiger partial charge in [0.05, 0.1) is 6.61 Å². The van der Waals surface area contributed by atoms with Gasteiger partial charge in [-0.15, -0.1) is 0 Å². The van der Waals surface area contributed by atoms with Crippen LogP contribution < -0.4 is 0 Å². The maximum Gasteiger partial charge on any atom is 0.432 e.